The maximum atomic E-state index is 13.3. The van der Waals surface area contributed by atoms with Gasteiger partial charge in [-0.2, -0.15) is 0 Å². The second-order valence-corrected chi connectivity index (χ2v) is 5.46. The summed E-state index contributed by atoms with van der Waals surface area (Å²) in [6.45, 7) is 1.96. The minimum atomic E-state index is -0.755. The molecule has 2 saturated carbocycles. The lowest BCUT2D eigenvalue weighted by atomic mass is 9.77. The van der Waals surface area contributed by atoms with Crippen molar-refractivity contribution in [2.24, 2.45) is 11.8 Å². The molecule has 16 heavy (non-hydrogen) atoms. The minimum Gasteiger partial charge on any atom is -0.385 e. The van der Waals surface area contributed by atoms with E-state index in [0.717, 1.165) is 30.4 Å². The zero-order valence-corrected chi connectivity index (χ0v) is 9.54. The summed E-state index contributed by atoms with van der Waals surface area (Å²) in [7, 11) is 0. The van der Waals surface area contributed by atoms with Crippen LogP contribution in [-0.4, -0.2) is 5.11 Å². The molecule has 0 radical (unpaired) electrons. The van der Waals surface area contributed by atoms with Crippen molar-refractivity contribution in [1.82, 2.24) is 0 Å². The number of hydrogen-bond donors (Lipinski definition) is 1. The third-order valence-corrected chi connectivity index (χ3v) is 4.48. The predicted molar refractivity (Wildman–Crippen MR) is 60.5 cm³/mol. The SMILES string of the molecule is Cc1ccc(F)cc1C1(O)CC2CCC1C2. The molecule has 3 unspecified atom stereocenters. The molecule has 0 amide bonds. The number of aliphatic hydroxyl groups is 1. The highest BCUT2D eigenvalue weighted by molar-refractivity contribution is 5.34. The van der Waals surface area contributed by atoms with E-state index in [1.807, 2.05) is 6.92 Å². The van der Waals surface area contributed by atoms with Crippen molar-refractivity contribution >= 4 is 0 Å². The summed E-state index contributed by atoms with van der Waals surface area (Å²) >= 11 is 0. The molecule has 3 atom stereocenters. The highest BCUT2D eigenvalue weighted by atomic mass is 19.1. The second-order valence-electron chi connectivity index (χ2n) is 5.46. The molecule has 86 valence electrons. The Morgan fingerprint density at radius 1 is 1.38 bits per heavy atom. The number of benzene rings is 1. The van der Waals surface area contributed by atoms with Crippen molar-refractivity contribution in [3.05, 3.63) is 35.1 Å². The Hall–Kier alpha value is -0.890. The molecule has 1 nitrogen and oxygen atoms in total. The minimum absolute atomic E-state index is 0.239. The second kappa shape index (κ2) is 3.30. The molecule has 2 bridgehead atoms. The smallest absolute Gasteiger partial charge is 0.123 e. The van der Waals surface area contributed by atoms with Crippen LogP contribution in [0.15, 0.2) is 18.2 Å². The Morgan fingerprint density at radius 3 is 2.81 bits per heavy atom. The summed E-state index contributed by atoms with van der Waals surface area (Å²) in [5.74, 6) is 0.757. The van der Waals surface area contributed by atoms with Crippen LogP contribution in [0.25, 0.3) is 0 Å². The van der Waals surface area contributed by atoms with Crippen molar-refractivity contribution in [1.29, 1.82) is 0 Å². The van der Waals surface area contributed by atoms with Crippen molar-refractivity contribution in [2.45, 2.75) is 38.2 Å². The molecule has 1 N–H and O–H groups in total. The average molecular weight is 220 g/mol. The lowest BCUT2D eigenvalue weighted by Crippen LogP contribution is -2.33. The van der Waals surface area contributed by atoms with Crippen LogP contribution in [0.2, 0.25) is 0 Å². The topological polar surface area (TPSA) is 20.2 Å². The highest BCUT2D eigenvalue weighted by Gasteiger charge is 2.51. The summed E-state index contributed by atoms with van der Waals surface area (Å²) in [5.41, 5.74) is 1.07. The van der Waals surface area contributed by atoms with Gasteiger partial charge < -0.3 is 5.11 Å². The summed E-state index contributed by atoms with van der Waals surface area (Å²) in [6, 6.07) is 4.76. The number of hydrogen-bond acceptors (Lipinski definition) is 1. The van der Waals surface area contributed by atoms with Crippen LogP contribution >= 0.6 is 0 Å². The number of halogens is 1. The Morgan fingerprint density at radius 2 is 2.19 bits per heavy atom. The van der Waals surface area contributed by atoms with Crippen LogP contribution in [0.3, 0.4) is 0 Å². The zero-order chi connectivity index (χ0) is 11.3. The van der Waals surface area contributed by atoms with E-state index in [1.165, 1.54) is 18.6 Å². The lowest BCUT2D eigenvalue weighted by Gasteiger charge is -2.34. The van der Waals surface area contributed by atoms with Gasteiger partial charge in [0.1, 0.15) is 5.82 Å². The summed E-state index contributed by atoms with van der Waals surface area (Å²) in [5, 5.41) is 10.8. The molecule has 1 aromatic rings. The molecule has 0 heterocycles. The van der Waals surface area contributed by atoms with Crippen molar-refractivity contribution in [2.75, 3.05) is 0 Å². The molecular weight excluding hydrogens is 203 g/mol. The first-order valence-corrected chi connectivity index (χ1v) is 6.08. The van der Waals surface area contributed by atoms with Gasteiger partial charge in [0.15, 0.2) is 0 Å². The summed E-state index contributed by atoms with van der Waals surface area (Å²) < 4.78 is 13.3. The number of aryl methyl sites for hydroxylation is 1. The normalized spacial score (nSPS) is 36.9. The molecule has 2 aliphatic carbocycles. The van der Waals surface area contributed by atoms with Gasteiger partial charge in [0.25, 0.3) is 0 Å². The Balaban J connectivity index is 2.06. The third-order valence-electron chi connectivity index (χ3n) is 4.48. The number of rotatable bonds is 1. The van der Waals surface area contributed by atoms with Gasteiger partial charge in [0.2, 0.25) is 0 Å². The van der Waals surface area contributed by atoms with Gasteiger partial charge in [0, 0.05) is 0 Å². The van der Waals surface area contributed by atoms with Gasteiger partial charge in [-0.25, -0.2) is 4.39 Å². The summed E-state index contributed by atoms with van der Waals surface area (Å²) in [6.07, 6.45) is 4.27. The van der Waals surface area contributed by atoms with Crippen LogP contribution in [0.1, 0.15) is 36.8 Å². The maximum absolute atomic E-state index is 13.3. The quantitative estimate of drug-likeness (QED) is 0.771. The van der Waals surface area contributed by atoms with Gasteiger partial charge in [-0.1, -0.05) is 6.07 Å². The molecular formula is C14H17FO. The van der Waals surface area contributed by atoms with Crippen LogP contribution in [-0.2, 0) is 5.60 Å². The first-order valence-electron chi connectivity index (χ1n) is 6.08. The van der Waals surface area contributed by atoms with Crippen LogP contribution in [0.5, 0.6) is 0 Å². The molecule has 3 rings (SSSR count). The van der Waals surface area contributed by atoms with E-state index in [9.17, 15) is 9.50 Å². The molecule has 0 spiro atoms. The van der Waals surface area contributed by atoms with Gasteiger partial charge in [-0.3, -0.25) is 0 Å². The van der Waals surface area contributed by atoms with Gasteiger partial charge in [0.05, 0.1) is 5.60 Å². The van der Waals surface area contributed by atoms with E-state index in [2.05, 4.69) is 0 Å². The molecule has 2 aliphatic rings. The first kappa shape index (κ1) is 10.3. The molecule has 2 fully saturated rings. The molecule has 2 heteroatoms. The van der Waals surface area contributed by atoms with Crippen molar-refractivity contribution in [3.8, 4) is 0 Å². The van der Waals surface area contributed by atoms with E-state index < -0.39 is 5.60 Å². The largest absolute Gasteiger partial charge is 0.385 e. The predicted octanol–water partition coefficient (Wildman–Crippen LogP) is 3.14. The third kappa shape index (κ3) is 1.32. The fraction of sp³-hybridized carbons (Fsp3) is 0.571. The average Bonchev–Trinajstić information content (AvgIpc) is 2.81. The molecule has 0 saturated heterocycles. The number of fused-ring (bicyclic) bond motifs is 2. The Bertz CT molecular complexity index is 429. The van der Waals surface area contributed by atoms with Crippen LogP contribution < -0.4 is 0 Å². The maximum Gasteiger partial charge on any atom is 0.123 e. The zero-order valence-electron chi connectivity index (χ0n) is 9.54. The molecule has 0 aromatic heterocycles. The van der Waals surface area contributed by atoms with E-state index in [4.69, 9.17) is 0 Å². The fourth-order valence-corrected chi connectivity index (χ4v) is 3.69. The van der Waals surface area contributed by atoms with E-state index in [0.29, 0.717) is 11.8 Å². The first-order chi connectivity index (χ1) is 7.59. The van der Waals surface area contributed by atoms with Gasteiger partial charge in [-0.15, -0.1) is 0 Å². The highest BCUT2D eigenvalue weighted by Crippen LogP contribution is 2.55. The standard InChI is InChI=1S/C14H17FO/c1-9-2-5-12(15)7-13(9)14(16)8-10-3-4-11(14)6-10/h2,5,7,10-11,16H,3-4,6,8H2,1H3. The summed E-state index contributed by atoms with van der Waals surface area (Å²) in [4.78, 5) is 0. The van der Waals surface area contributed by atoms with Gasteiger partial charge >= 0.3 is 0 Å². The Kier molecular flexibility index (Phi) is 2.12. The van der Waals surface area contributed by atoms with Gasteiger partial charge in [-0.05, 0) is 67.7 Å². The van der Waals surface area contributed by atoms with E-state index >= 15 is 0 Å². The molecule has 0 aliphatic heterocycles. The van der Waals surface area contributed by atoms with E-state index in [1.54, 1.807) is 6.07 Å². The van der Waals surface area contributed by atoms with Crippen LogP contribution in [0, 0.1) is 24.6 Å². The van der Waals surface area contributed by atoms with Crippen molar-refractivity contribution in [3.63, 3.8) is 0 Å². The Labute approximate surface area is 95.3 Å². The monoisotopic (exact) mass is 220 g/mol. The fourth-order valence-electron chi connectivity index (χ4n) is 3.69. The van der Waals surface area contributed by atoms with Crippen LogP contribution in [0.4, 0.5) is 4.39 Å². The van der Waals surface area contributed by atoms with E-state index in [-0.39, 0.29) is 5.82 Å². The lowest BCUT2D eigenvalue weighted by molar-refractivity contribution is -0.0190. The van der Waals surface area contributed by atoms with Crippen molar-refractivity contribution < 1.29 is 9.50 Å². The molecule has 1 aromatic carbocycles.